The van der Waals surface area contributed by atoms with Crippen LogP contribution in [0.3, 0.4) is 0 Å². The third-order valence-corrected chi connectivity index (χ3v) is 6.57. The number of hydrogen-bond acceptors (Lipinski definition) is 0. The summed E-state index contributed by atoms with van der Waals surface area (Å²) in [6, 6.07) is 21.9. The van der Waals surface area contributed by atoms with Crippen molar-refractivity contribution in [2.45, 2.75) is 5.41 Å². The van der Waals surface area contributed by atoms with Gasteiger partial charge < -0.3 is 0 Å². The maximum absolute atomic E-state index is 4.93. The van der Waals surface area contributed by atoms with Gasteiger partial charge in [-0.05, 0) is 42.7 Å². The number of allylic oxidation sites excluding steroid dienone is 8. The molecular weight excluding hydrogens is 534 g/mol. The third-order valence-electron chi connectivity index (χ3n) is 6.57. The molecule has 0 saturated heterocycles. The van der Waals surface area contributed by atoms with Crippen LogP contribution in [0, 0.1) is 61.2 Å². The average Bonchev–Trinajstić information content (AvgIpc) is 3.55. The van der Waals surface area contributed by atoms with Gasteiger partial charge in [-0.1, -0.05) is 109 Å². The van der Waals surface area contributed by atoms with E-state index in [4.69, 9.17) is 17.0 Å². The van der Waals surface area contributed by atoms with Crippen LogP contribution in [0.25, 0.3) is 0 Å². The molecule has 6 rings (SSSR count). The first kappa shape index (κ1) is 24.6. The molecule has 0 N–H and O–H groups in total. The van der Waals surface area contributed by atoms with E-state index in [1.165, 1.54) is 46.6 Å². The number of rotatable bonds is 4. The van der Waals surface area contributed by atoms with Gasteiger partial charge in [0.15, 0.2) is 0 Å². The van der Waals surface area contributed by atoms with E-state index in [9.17, 15) is 0 Å². The quantitative estimate of drug-likeness (QED) is 0.359. The van der Waals surface area contributed by atoms with Crippen molar-refractivity contribution in [1.29, 1.82) is 0 Å². The zero-order chi connectivity index (χ0) is 23.4. The van der Waals surface area contributed by atoms with Gasteiger partial charge in [0.1, 0.15) is 0 Å². The molecule has 0 aromatic heterocycles. The van der Waals surface area contributed by atoms with Crippen LogP contribution in [-0.2, 0) is 26.3 Å². The normalized spacial score (nSPS) is 21.4. The topological polar surface area (TPSA) is 0 Å². The Morgan fingerprint density at radius 1 is 0.529 bits per heavy atom. The second-order valence-corrected chi connectivity index (χ2v) is 11.9. The summed E-state index contributed by atoms with van der Waals surface area (Å²) < 4.78 is 0. The van der Waals surface area contributed by atoms with Crippen LogP contribution < -0.4 is 0 Å². The molecule has 4 aliphatic carbocycles. The fourth-order valence-corrected chi connectivity index (χ4v) is 5.35. The summed E-state index contributed by atoms with van der Waals surface area (Å²) in [6.07, 6.45) is 26.6. The Bertz CT molecular complexity index is 976. The zero-order valence-electron chi connectivity index (χ0n) is 18.5. The van der Waals surface area contributed by atoms with E-state index < -0.39 is 26.3 Å². The standard InChI is InChI=1S/C31H22.2ClH.Zr/c1-3-13-23(14-4-1)31(25-17-7-8-18-25,24-15-5-2-6-16-24)30-28-21-11-9-19-26(28)27-20-10-12-22-29(27)30;;;/h1-22H;2*1H;/q;;;+2/p-2. The minimum absolute atomic E-state index is 0.408. The Labute approximate surface area is 223 Å². The molecule has 0 amide bonds. The Balaban J connectivity index is 0.000000764. The summed E-state index contributed by atoms with van der Waals surface area (Å²) in [4.78, 5) is 0. The molecule has 0 spiro atoms. The molecule has 2 fully saturated rings. The first-order chi connectivity index (χ1) is 16.8. The van der Waals surface area contributed by atoms with E-state index in [1.54, 1.807) is 0 Å². The monoisotopic (exact) mass is 554 g/mol. The molecule has 4 aliphatic rings. The SMILES string of the molecule is [CH]1[CH][CH][C](C([C]2[C]3C=CC=C[C]3[C]3C=CC=C[C]32)(c2ccccc2)c2ccccc2)[CH]1.[Cl][Zr][Cl]. The summed E-state index contributed by atoms with van der Waals surface area (Å²) in [6.45, 7) is 0. The molecule has 164 valence electrons. The second-order valence-electron chi connectivity index (χ2n) is 8.19. The molecule has 0 heterocycles. The first-order valence-corrected chi connectivity index (χ1v) is 17.5. The fourth-order valence-electron chi connectivity index (χ4n) is 5.35. The predicted octanol–water partition coefficient (Wildman–Crippen LogP) is 7.89. The van der Waals surface area contributed by atoms with Crippen molar-refractivity contribution in [1.82, 2.24) is 0 Å². The third kappa shape index (κ3) is 4.32. The van der Waals surface area contributed by atoms with Crippen molar-refractivity contribution in [3.63, 3.8) is 0 Å². The Morgan fingerprint density at radius 2 is 0.912 bits per heavy atom. The van der Waals surface area contributed by atoms with Gasteiger partial charge in [-0.15, -0.1) is 0 Å². The summed E-state index contributed by atoms with van der Waals surface area (Å²) >= 11 is -0.826. The Morgan fingerprint density at radius 3 is 1.32 bits per heavy atom. The Hall–Kier alpha value is -1.14. The van der Waals surface area contributed by atoms with E-state index in [0.29, 0.717) is 0 Å². The van der Waals surface area contributed by atoms with Gasteiger partial charge in [-0.25, -0.2) is 0 Å². The molecule has 0 unspecified atom stereocenters. The first-order valence-electron chi connectivity index (χ1n) is 11.2. The van der Waals surface area contributed by atoms with E-state index in [-0.39, 0.29) is 0 Å². The molecule has 2 aromatic rings. The van der Waals surface area contributed by atoms with Gasteiger partial charge >= 0.3 is 37.9 Å². The molecule has 0 nitrogen and oxygen atoms in total. The molecule has 3 heteroatoms. The van der Waals surface area contributed by atoms with Crippen molar-refractivity contribution >= 4 is 17.0 Å². The average molecular weight is 557 g/mol. The van der Waals surface area contributed by atoms with Crippen molar-refractivity contribution in [2.75, 3.05) is 0 Å². The summed E-state index contributed by atoms with van der Waals surface area (Å²) in [7, 11) is 9.87. The van der Waals surface area contributed by atoms with Crippen molar-refractivity contribution < 1.29 is 20.8 Å². The van der Waals surface area contributed by atoms with Crippen LogP contribution in [0.15, 0.2) is 109 Å². The number of benzene rings is 2. The van der Waals surface area contributed by atoms with E-state index >= 15 is 0 Å². The van der Waals surface area contributed by atoms with Crippen LogP contribution >= 0.6 is 17.0 Å². The van der Waals surface area contributed by atoms with Crippen molar-refractivity contribution in [3.05, 3.63) is 182 Å². The zero-order valence-corrected chi connectivity index (χ0v) is 22.4. The van der Waals surface area contributed by atoms with Gasteiger partial charge in [0.05, 0.1) is 0 Å². The van der Waals surface area contributed by atoms with E-state index in [2.05, 4.69) is 135 Å². The number of hydrogen-bond donors (Lipinski definition) is 0. The second kappa shape index (κ2) is 11.3. The molecule has 0 aliphatic heterocycles. The fraction of sp³-hybridized carbons (Fsp3) is 0.0323. The van der Waals surface area contributed by atoms with E-state index in [0.717, 1.165) is 0 Å². The van der Waals surface area contributed by atoms with Crippen LogP contribution in [-0.4, -0.2) is 0 Å². The van der Waals surface area contributed by atoms with E-state index in [1.807, 2.05) is 0 Å². The van der Waals surface area contributed by atoms with Crippen molar-refractivity contribution in [3.8, 4) is 0 Å². The molecule has 34 heavy (non-hydrogen) atoms. The molecule has 0 atom stereocenters. The summed E-state index contributed by atoms with van der Waals surface area (Å²) in [5, 5.41) is 0. The molecule has 2 aromatic carbocycles. The maximum atomic E-state index is 4.93. The summed E-state index contributed by atoms with van der Waals surface area (Å²) in [5.41, 5.74) is 2.16. The molecular formula is C31H22Cl2Zr. The van der Waals surface area contributed by atoms with Crippen LogP contribution in [0.4, 0.5) is 0 Å². The summed E-state index contributed by atoms with van der Waals surface area (Å²) in [5.74, 6) is 7.93. The minimum atomic E-state index is -0.826. The molecule has 0 bridgehead atoms. The van der Waals surface area contributed by atoms with Gasteiger partial charge in [0.25, 0.3) is 0 Å². The van der Waals surface area contributed by atoms with Crippen LogP contribution in [0.5, 0.6) is 0 Å². The number of fused-ring (bicyclic) bond motifs is 3. The van der Waals surface area contributed by atoms with Gasteiger partial charge in [-0.3, -0.25) is 0 Å². The molecule has 10 radical (unpaired) electrons. The molecule has 2 saturated carbocycles. The van der Waals surface area contributed by atoms with Gasteiger partial charge in [-0.2, -0.15) is 0 Å². The Kier molecular flexibility index (Phi) is 8.15. The van der Waals surface area contributed by atoms with Crippen molar-refractivity contribution in [2.24, 2.45) is 0 Å². The van der Waals surface area contributed by atoms with Crippen LogP contribution in [0.2, 0.25) is 0 Å². The van der Waals surface area contributed by atoms with Gasteiger partial charge in [0.2, 0.25) is 0 Å². The number of halogens is 2. The predicted molar refractivity (Wildman–Crippen MR) is 139 cm³/mol. The van der Waals surface area contributed by atoms with Gasteiger partial charge in [0, 0.05) is 35.0 Å². The van der Waals surface area contributed by atoms with Crippen LogP contribution in [0.1, 0.15) is 11.1 Å².